The van der Waals surface area contributed by atoms with E-state index >= 15 is 0 Å². The molecule has 0 saturated carbocycles. The number of nitro groups is 1. The fourth-order valence-electron chi connectivity index (χ4n) is 1.76. The van der Waals surface area contributed by atoms with E-state index in [1.807, 2.05) is 0 Å². The average Bonchev–Trinajstić information content (AvgIpc) is 2.40. The first-order valence-electron chi connectivity index (χ1n) is 6.16. The van der Waals surface area contributed by atoms with E-state index < -0.39 is 22.6 Å². The molecule has 0 radical (unpaired) electrons. The summed E-state index contributed by atoms with van der Waals surface area (Å²) < 4.78 is 10.1. The minimum absolute atomic E-state index is 0.0545. The zero-order valence-electron chi connectivity index (χ0n) is 11.4. The monoisotopic (exact) mass is 295 g/mol. The van der Waals surface area contributed by atoms with Crippen molar-refractivity contribution in [2.45, 2.75) is 20.0 Å². The van der Waals surface area contributed by atoms with Gasteiger partial charge in [0.25, 0.3) is 11.7 Å². The number of esters is 1. The normalized spacial score (nSPS) is 13.7. The molecule has 9 nitrogen and oxygen atoms in total. The second-order valence-corrected chi connectivity index (χ2v) is 4.56. The molecular weight excluding hydrogens is 282 g/mol. The van der Waals surface area contributed by atoms with Gasteiger partial charge in [-0.25, -0.2) is 0 Å². The lowest BCUT2D eigenvalue weighted by molar-refractivity contribution is -0.389. The summed E-state index contributed by atoms with van der Waals surface area (Å²) in [6.07, 6.45) is -0.328. The maximum atomic E-state index is 11.8. The molecule has 2 rings (SSSR count). The molecule has 1 aromatic heterocycles. The Morgan fingerprint density at radius 1 is 1.57 bits per heavy atom. The zero-order chi connectivity index (χ0) is 15.6. The number of pyridine rings is 1. The third-order valence-corrected chi connectivity index (χ3v) is 2.57. The summed E-state index contributed by atoms with van der Waals surface area (Å²) in [5, 5.41) is 10.7. The number of fused-ring (bicyclic) bond motifs is 1. The van der Waals surface area contributed by atoms with Gasteiger partial charge in [0.15, 0.2) is 12.4 Å². The van der Waals surface area contributed by atoms with Crippen LogP contribution in [0.3, 0.4) is 0 Å². The largest absolute Gasteiger partial charge is 0.477 e. The van der Waals surface area contributed by atoms with Crippen molar-refractivity contribution in [2.75, 3.05) is 18.1 Å². The molecule has 0 aromatic carbocycles. The van der Waals surface area contributed by atoms with Gasteiger partial charge in [0.1, 0.15) is 6.54 Å². The standard InChI is InChI=1S/C12H13N3O6/c1-7(2)21-11(17)5-14-10(16)6-20-8-3-4-9(15(18)19)13-12(8)14/h3-4,7H,5-6H2,1-2H3. The van der Waals surface area contributed by atoms with Crippen LogP contribution in [0.4, 0.5) is 11.6 Å². The number of carbonyl (C=O) groups excluding carboxylic acids is 2. The number of ether oxygens (including phenoxy) is 2. The summed E-state index contributed by atoms with van der Waals surface area (Å²) >= 11 is 0. The number of carbonyl (C=O) groups is 2. The lowest BCUT2D eigenvalue weighted by Crippen LogP contribution is -2.43. The van der Waals surface area contributed by atoms with Crippen molar-refractivity contribution in [1.82, 2.24) is 4.98 Å². The summed E-state index contributed by atoms with van der Waals surface area (Å²) in [4.78, 5) is 38.4. The van der Waals surface area contributed by atoms with E-state index in [1.165, 1.54) is 12.1 Å². The van der Waals surface area contributed by atoms with Crippen LogP contribution in [-0.2, 0) is 14.3 Å². The Morgan fingerprint density at radius 3 is 2.90 bits per heavy atom. The molecule has 0 unspecified atom stereocenters. The van der Waals surface area contributed by atoms with Gasteiger partial charge in [-0.3, -0.25) is 14.5 Å². The van der Waals surface area contributed by atoms with Crippen molar-refractivity contribution in [3.63, 3.8) is 0 Å². The van der Waals surface area contributed by atoms with Gasteiger partial charge >= 0.3 is 11.8 Å². The number of hydrogen-bond acceptors (Lipinski definition) is 7. The summed E-state index contributed by atoms with van der Waals surface area (Å²) in [5.41, 5.74) is 0. The van der Waals surface area contributed by atoms with E-state index in [1.54, 1.807) is 13.8 Å². The maximum absolute atomic E-state index is 11.8. The van der Waals surface area contributed by atoms with E-state index in [9.17, 15) is 19.7 Å². The molecule has 0 aliphatic carbocycles. The molecule has 0 atom stereocenters. The second kappa shape index (κ2) is 5.73. The van der Waals surface area contributed by atoms with E-state index in [-0.39, 0.29) is 30.8 Å². The fraction of sp³-hybridized carbons (Fsp3) is 0.417. The molecule has 1 amide bonds. The van der Waals surface area contributed by atoms with E-state index in [4.69, 9.17) is 9.47 Å². The van der Waals surface area contributed by atoms with Gasteiger partial charge in [-0.15, -0.1) is 0 Å². The van der Waals surface area contributed by atoms with Crippen LogP contribution in [0.25, 0.3) is 0 Å². The average molecular weight is 295 g/mol. The summed E-state index contributed by atoms with van der Waals surface area (Å²) in [7, 11) is 0. The summed E-state index contributed by atoms with van der Waals surface area (Å²) in [6.45, 7) is 2.72. The van der Waals surface area contributed by atoms with Crippen LogP contribution in [0.1, 0.15) is 13.8 Å². The molecule has 1 aromatic rings. The van der Waals surface area contributed by atoms with E-state index in [0.29, 0.717) is 0 Å². The number of rotatable bonds is 4. The van der Waals surface area contributed by atoms with Crippen LogP contribution >= 0.6 is 0 Å². The van der Waals surface area contributed by atoms with Crippen molar-refractivity contribution < 1.29 is 24.0 Å². The molecular formula is C12H13N3O6. The van der Waals surface area contributed by atoms with Crippen LogP contribution in [0, 0.1) is 10.1 Å². The molecule has 9 heteroatoms. The molecule has 0 N–H and O–H groups in total. The molecule has 112 valence electrons. The smallest absolute Gasteiger partial charge is 0.366 e. The molecule has 0 saturated heterocycles. The molecule has 2 heterocycles. The first kappa shape index (κ1) is 14.7. The van der Waals surface area contributed by atoms with Crippen molar-refractivity contribution in [3.05, 3.63) is 22.2 Å². The van der Waals surface area contributed by atoms with Crippen molar-refractivity contribution in [2.24, 2.45) is 0 Å². The number of nitrogens with zero attached hydrogens (tertiary/aromatic N) is 3. The van der Waals surface area contributed by atoms with Gasteiger partial charge < -0.3 is 19.6 Å². The van der Waals surface area contributed by atoms with Crippen LogP contribution < -0.4 is 9.64 Å². The lowest BCUT2D eigenvalue weighted by Gasteiger charge is -2.24. The Labute approximate surface area is 119 Å². The SMILES string of the molecule is CC(C)OC(=O)CN1C(=O)COc2ccc([N+](=O)[O-])nc21. The van der Waals surface area contributed by atoms with Crippen LogP contribution in [-0.4, -0.2) is 41.0 Å². The Balaban J connectivity index is 2.30. The van der Waals surface area contributed by atoms with Gasteiger partial charge in [0.05, 0.1) is 6.10 Å². The van der Waals surface area contributed by atoms with Crippen LogP contribution in [0.15, 0.2) is 12.1 Å². The van der Waals surface area contributed by atoms with Gasteiger partial charge in [-0.05, 0) is 29.8 Å². The van der Waals surface area contributed by atoms with Crippen molar-refractivity contribution in [3.8, 4) is 5.75 Å². The Bertz CT molecular complexity index is 601. The fourth-order valence-corrected chi connectivity index (χ4v) is 1.76. The minimum Gasteiger partial charge on any atom is -0.477 e. The van der Waals surface area contributed by atoms with Crippen molar-refractivity contribution in [1.29, 1.82) is 0 Å². The second-order valence-electron chi connectivity index (χ2n) is 4.56. The van der Waals surface area contributed by atoms with E-state index in [2.05, 4.69) is 4.98 Å². The highest BCUT2D eigenvalue weighted by atomic mass is 16.6. The van der Waals surface area contributed by atoms with Gasteiger partial charge in [-0.1, -0.05) is 0 Å². The van der Waals surface area contributed by atoms with Crippen LogP contribution in [0.2, 0.25) is 0 Å². The molecule has 0 spiro atoms. The van der Waals surface area contributed by atoms with E-state index in [0.717, 1.165) is 4.90 Å². The summed E-state index contributed by atoms with van der Waals surface area (Å²) in [5.74, 6) is -1.43. The third kappa shape index (κ3) is 3.25. The summed E-state index contributed by atoms with van der Waals surface area (Å²) in [6, 6.07) is 2.51. The van der Waals surface area contributed by atoms with Crippen molar-refractivity contribution >= 4 is 23.5 Å². The van der Waals surface area contributed by atoms with Gasteiger partial charge in [0, 0.05) is 6.07 Å². The molecule has 0 bridgehead atoms. The third-order valence-electron chi connectivity index (χ3n) is 2.57. The first-order chi connectivity index (χ1) is 9.88. The number of aromatic nitrogens is 1. The highest BCUT2D eigenvalue weighted by molar-refractivity contribution is 6.00. The number of hydrogen-bond donors (Lipinski definition) is 0. The predicted octanol–water partition coefficient (Wildman–Crippen LogP) is 0.667. The molecule has 0 fully saturated rings. The Kier molecular flexibility index (Phi) is 4.01. The van der Waals surface area contributed by atoms with Gasteiger partial charge in [-0.2, -0.15) is 0 Å². The molecule has 1 aliphatic rings. The first-order valence-corrected chi connectivity index (χ1v) is 6.16. The number of amides is 1. The molecule has 21 heavy (non-hydrogen) atoms. The quantitative estimate of drug-likeness (QED) is 0.455. The molecule has 1 aliphatic heterocycles. The Hall–Kier alpha value is -2.71. The van der Waals surface area contributed by atoms with Crippen LogP contribution in [0.5, 0.6) is 5.75 Å². The maximum Gasteiger partial charge on any atom is 0.366 e. The zero-order valence-corrected chi connectivity index (χ0v) is 11.4. The topological polar surface area (TPSA) is 112 Å². The van der Waals surface area contributed by atoms with Gasteiger partial charge in [0.2, 0.25) is 0 Å². The number of anilines is 1. The highest BCUT2D eigenvalue weighted by Crippen LogP contribution is 2.31. The lowest BCUT2D eigenvalue weighted by atomic mass is 10.3. The minimum atomic E-state index is -0.690. The Morgan fingerprint density at radius 2 is 2.29 bits per heavy atom. The predicted molar refractivity (Wildman–Crippen MR) is 70.0 cm³/mol. The highest BCUT2D eigenvalue weighted by Gasteiger charge is 2.34.